The van der Waals surface area contributed by atoms with Gasteiger partial charge in [0.2, 0.25) is 0 Å². The number of rotatable bonds is 2. The van der Waals surface area contributed by atoms with Crippen molar-refractivity contribution in [1.82, 2.24) is 0 Å². The van der Waals surface area contributed by atoms with Gasteiger partial charge in [0.1, 0.15) is 5.82 Å². The van der Waals surface area contributed by atoms with E-state index in [0.29, 0.717) is 17.3 Å². The van der Waals surface area contributed by atoms with Crippen molar-refractivity contribution in [2.24, 2.45) is 0 Å². The van der Waals surface area contributed by atoms with E-state index in [0.717, 1.165) is 25.9 Å². The summed E-state index contributed by atoms with van der Waals surface area (Å²) >= 11 is 0. The maximum Gasteiger partial charge on any atom is 0.148 e. The van der Waals surface area contributed by atoms with E-state index in [1.807, 2.05) is 6.07 Å². The molecule has 0 aromatic heterocycles. The Morgan fingerprint density at radius 2 is 1.65 bits per heavy atom. The molecule has 0 bridgehead atoms. The fourth-order valence-corrected chi connectivity index (χ4v) is 3.03. The Kier molecular flexibility index (Phi) is 3.59. The summed E-state index contributed by atoms with van der Waals surface area (Å²) in [6.45, 7) is 1.70. The van der Waals surface area contributed by atoms with Gasteiger partial charge in [-0.25, -0.2) is 4.39 Å². The molecule has 2 nitrogen and oxygen atoms in total. The minimum absolute atomic E-state index is 0.219. The number of hydrogen-bond donors (Lipinski definition) is 1. The Labute approximate surface area is 119 Å². The highest BCUT2D eigenvalue weighted by atomic mass is 19.1. The van der Waals surface area contributed by atoms with Gasteiger partial charge in [-0.05, 0) is 36.5 Å². The van der Waals surface area contributed by atoms with Crippen LogP contribution >= 0.6 is 0 Å². The van der Waals surface area contributed by atoms with Gasteiger partial charge in [0.25, 0.3) is 0 Å². The first-order chi connectivity index (χ1) is 9.75. The zero-order chi connectivity index (χ0) is 13.9. The lowest BCUT2D eigenvalue weighted by Gasteiger charge is -2.34. The molecule has 20 heavy (non-hydrogen) atoms. The molecule has 2 N–H and O–H groups in total. The average molecular weight is 270 g/mol. The van der Waals surface area contributed by atoms with E-state index in [-0.39, 0.29) is 5.82 Å². The third kappa shape index (κ3) is 2.48. The zero-order valence-electron chi connectivity index (χ0n) is 11.4. The zero-order valence-corrected chi connectivity index (χ0v) is 11.4. The van der Waals surface area contributed by atoms with Crippen LogP contribution in [0.2, 0.25) is 0 Å². The van der Waals surface area contributed by atoms with E-state index in [1.165, 1.54) is 11.6 Å². The molecule has 104 valence electrons. The molecule has 2 aromatic carbocycles. The van der Waals surface area contributed by atoms with E-state index < -0.39 is 0 Å². The molecular formula is C17H19FN2. The molecule has 0 spiro atoms. The standard InChI is InChI=1S/C17H19FN2/c18-15-7-4-8-16(19)17(15)20-11-9-14(10-12-20)13-5-2-1-3-6-13/h1-8,14H,9-12,19H2. The Hall–Kier alpha value is -2.03. The van der Waals surface area contributed by atoms with E-state index in [9.17, 15) is 4.39 Å². The van der Waals surface area contributed by atoms with Crippen LogP contribution in [-0.4, -0.2) is 13.1 Å². The number of nitrogens with zero attached hydrogens (tertiary/aromatic N) is 1. The highest BCUT2D eigenvalue weighted by Crippen LogP contribution is 2.33. The first kappa shape index (κ1) is 13.0. The van der Waals surface area contributed by atoms with Crippen LogP contribution in [0.4, 0.5) is 15.8 Å². The minimum Gasteiger partial charge on any atom is -0.397 e. The predicted octanol–water partition coefficient (Wildman–Crippen LogP) is 3.79. The molecule has 1 fully saturated rings. The van der Waals surface area contributed by atoms with Crippen LogP contribution in [0, 0.1) is 5.82 Å². The number of anilines is 2. The van der Waals surface area contributed by atoms with Crippen molar-refractivity contribution >= 4 is 11.4 Å². The van der Waals surface area contributed by atoms with Gasteiger partial charge in [-0.15, -0.1) is 0 Å². The molecule has 2 aromatic rings. The second-order valence-corrected chi connectivity index (χ2v) is 5.35. The molecule has 0 saturated carbocycles. The summed E-state index contributed by atoms with van der Waals surface area (Å²) in [5, 5.41) is 0. The van der Waals surface area contributed by atoms with Gasteiger partial charge in [-0.3, -0.25) is 0 Å². The molecule has 1 aliphatic rings. The van der Waals surface area contributed by atoms with Crippen molar-refractivity contribution in [3.8, 4) is 0 Å². The lowest BCUT2D eigenvalue weighted by Crippen LogP contribution is -2.34. The van der Waals surface area contributed by atoms with Crippen LogP contribution in [0.3, 0.4) is 0 Å². The molecule has 1 heterocycles. The van der Waals surface area contributed by atoms with Crippen LogP contribution in [0.1, 0.15) is 24.3 Å². The van der Waals surface area contributed by atoms with Gasteiger partial charge in [-0.1, -0.05) is 36.4 Å². The van der Waals surface area contributed by atoms with Crippen molar-refractivity contribution in [3.05, 3.63) is 59.9 Å². The first-order valence-electron chi connectivity index (χ1n) is 7.09. The van der Waals surface area contributed by atoms with Crippen LogP contribution in [-0.2, 0) is 0 Å². The fourth-order valence-electron chi connectivity index (χ4n) is 3.03. The van der Waals surface area contributed by atoms with Gasteiger partial charge in [-0.2, -0.15) is 0 Å². The third-order valence-corrected chi connectivity index (χ3v) is 4.10. The maximum absolute atomic E-state index is 13.9. The molecule has 0 radical (unpaired) electrons. The highest BCUT2D eigenvalue weighted by Gasteiger charge is 2.23. The lowest BCUT2D eigenvalue weighted by atomic mass is 9.89. The van der Waals surface area contributed by atoms with Crippen molar-refractivity contribution in [3.63, 3.8) is 0 Å². The van der Waals surface area contributed by atoms with E-state index in [2.05, 4.69) is 29.2 Å². The summed E-state index contributed by atoms with van der Waals surface area (Å²) in [5.74, 6) is 0.351. The van der Waals surface area contributed by atoms with Gasteiger partial charge in [0.15, 0.2) is 0 Å². The largest absolute Gasteiger partial charge is 0.397 e. The summed E-state index contributed by atoms with van der Waals surface area (Å²) in [7, 11) is 0. The molecule has 0 amide bonds. The molecule has 0 unspecified atom stereocenters. The quantitative estimate of drug-likeness (QED) is 0.841. The summed E-state index contributed by atoms with van der Waals surface area (Å²) in [6.07, 6.45) is 2.08. The number of benzene rings is 2. The van der Waals surface area contributed by atoms with Crippen LogP contribution in [0.15, 0.2) is 48.5 Å². The summed E-state index contributed by atoms with van der Waals surface area (Å²) in [6, 6.07) is 15.5. The molecule has 3 heteroatoms. The second-order valence-electron chi connectivity index (χ2n) is 5.35. The number of halogens is 1. The molecule has 1 aliphatic heterocycles. The topological polar surface area (TPSA) is 29.3 Å². The molecular weight excluding hydrogens is 251 g/mol. The van der Waals surface area contributed by atoms with Gasteiger partial charge < -0.3 is 10.6 Å². The van der Waals surface area contributed by atoms with Crippen molar-refractivity contribution in [2.75, 3.05) is 23.7 Å². The molecule has 0 aliphatic carbocycles. The Bertz CT molecular complexity index is 555. The summed E-state index contributed by atoms with van der Waals surface area (Å²) in [5.41, 5.74) is 8.40. The van der Waals surface area contributed by atoms with E-state index >= 15 is 0 Å². The SMILES string of the molecule is Nc1cccc(F)c1N1CCC(c2ccccc2)CC1. The Morgan fingerprint density at radius 3 is 2.30 bits per heavy atom. The third-order valence-electron chi connectivity index (χ3n) is 4.10. The number of nitrogens with two attached hydrogens (primary N) is 1. The fraction of sp³-hybridized carbons (Fsp3) is 0.294. The molecule has 1 saturated heterocycles. The monoisotopic (exact) mass is 270 g/mol. The number of piperidine rings is 1. The first-order valence-corrected chi connectivity index (χ1v) is 7.09. The van der Waals surface area contributed by atoms with E-state index in [4.69, 9.17) is 5.73 Å². The highest BCUT2D eigenvalue weighted by molar-refractivity contribution is 5.68. The van der Waals surface area contributed by atoms with Crippen molar-refractivity contribution < 1.29 is 4.39 Å². The summed E-state index contributed by atoms with van der Waals surface area (Å²) in [4.78, 5) is 2.07. The van der Waals surface area contributed by atoms with Crippen LogP contribution < -0.4 is 10.6 Å². The minimum atomic E-state index is -0.219. The van der Waals surface area contributed by atoms with Crippen LogP contribution in [0.25, 0.3) is 0 Å². The Morgan fingerprint density at radius 1 is 0.950 bits per heavy atom. The predicted molar refractivity (Wildman–Crippen MR) is 81.4 cm³/mol. The van der Waals surface area contributed by atoms with Gasteiger partial charge >= 0.3 is 0 Å². The lowest BCUT2D eigenvalue weighted by molar-refractivity contribution is 0.498. The Balaban J connectivity index is 1.73. The molecule has 0 atom stereocenters. The maximum atomic E-state index is 13.9. The van der Waals surface area contributed by atoms with Crippen molar-refractivity contribution in [1.29, 1.82) is 0 Å². The van der Waals surface area contributed by atoms with Gasteiger partial charge in [0.05, 0.1) is 11.4 Å². The van der Waals surface area contributed by atoms with E-state index in [1.54, 1.807) is 12.1 Å². The second kappa shape index (κ2) is 5.53. The number of hydrogen-bond acceptors (Lipinski definition) is 2. The van der Waals surface area contributed by atoms with Crippen LogP contribution in [0.5, 0.6) is 0 Å². The normalized spacial score (nSPS) is 16.4. The van der Waals surface area contributed by atoms with Gasteiger partial charge in [0, 0.05) is 13.1 Å². The van der Waals surface area contributed by atoms with Crippen molar-refractivity contribution in [2.45, 2.75) is 18.8 Å². The average Bonchev–Trinajstić information content (AvgIpc) is 2.49. The molecule has 3 rings (SSSR count). The number of nitrogen functional groups attached to an aromatic ring is 1. The summed E-state index contributed by atoms with van der Waals surface area (Å²) < 4.78 is 13.9. The number of para-hydroxylation sites is 1. The smallest absolute Gasteiger partial charge is 0.148 e.